The van der Waals surface area contributed by atoms with Crippen molar-refractivity contribution in [2.75, 3.05) is 26.0 Å². The fourth-order valence-electron chi connectivity index (χ4n) is 3.08. The summed E-state index contributed by atoms with van der Waals surface area (Å²) in [5.41, 5.74) is 2.20. The lowest BCUT2D eigenvalue weighted by atomic mass is 10.1. The molecule has 29 heavy (non-hydrogen) atoms. The summed E-state index contributed by atoms with van der Waals surface area (Å²) in [4.78, 5) is 16.9. The fourth-order valence-corrected chi connectivity index (χ4v) is 4.36. The van der Waals surface area contributed by atoms with Crippen molar-refractivity contribution in [2.24, 2.45) is 0 Å². The van der Waals surface area contributed by atoms with Gasteiger partial charge in [-0.3, -0.25) is 0 Å². The van der Waals surface area contributed by atoms with Gasteiger partial charge in [-0.05, 0) is 30.2 Å². The SMILES string of the molecule is COC(=O)/C=C/N(CCc1c[nH]c2ccccc12)CCS(=O)(=O)c1ccccc1. The Bertz CT molecular complexity index is 1090. The summed E-state index contributed by atoms with van der Waals surface area (Å²) in [5.74, 6) is -0.524. The third-order valence-corrected chi connectivity index (χ3v) is 6.43. The molecule has 6 nitrogen and oxygen atoms in total. The van der Waals surface area contributed by atoms with E-state index < -0.39 is 15.8 Å². The number of carbonyl (C=O) groups excluding carboxylic acids is 1. The van der Waals surface area contributed by atoms with Crippen molar-refractivity contribution in [2.45, 2.75) is 11.3 Å². The predicted molar refractivity (Wildman–Crippen MR) is 113 cm³/mol. The second-order valence-electron chi connectivity index (χ2n) is 6.62. The maximum absolute atomic E-state index is 12.6. The lowest BCUT2D eigenvalue weighted by molar-refractivity contribution is -0.134. The molecule has 0 saturated carbocycles. The molecule has 0 amide bonds. The van der Waals surface area contributed by atoms with Gasteiger partial charge in [0.1, 0.15) is 0 Å². The highest BCUT2D eigenvalue weighted by Gasteiger charge is 2.15. The number of sulfone groups is 1. The Hall–Kier alpha value is -3.06. The van der Waals surface area contributed by atoms with Crippen molar-refractivity contribution in [3.63, 3.8) is 0 Å². The lowest BCUT2D eigenvalue weighted by Gasteiger charge is -2.20. The Kier molecular flexibility index (Phi) is 6.72. The van der Waals surface area contributed by atoms with Crippen LogP contribution < -0.4 is 0 Å². The maximum Gasteiger partial charge on any atom is 0.331 e. The molecular weight excluding hydrogens is 388 g/mol. The normalized spacial score (nSPS) is 11.8. The van der Waals surface area contributed by atoms with Crippen LogP contribution in [0.1, 0.15) is 5.56 Å². The van der Waals surface area contributed by atoms with E-state index in [0.717, 1.165) is 16.5 Å². The van der Waals surface area contributed by atoms with Crippen LogP contribution in [0.2, 0.25) is 0 Å². The third kappa shape index (κ3) is 5.48. The molecule has 0 saturated heterocycles. The first-order valence-electron chi connectivity index (χ1n) is 9.32. The van der Waals surface area contributed by atoms with Crippen LogP contribution in [0.15, 0.2) is 78.0 Å². The van der Waals surface area contributed by atoms with Crippen molar-refractivity contribution >= 4 is 26.7 Å². The number of rotatable bonds is 9. The number of hydrogen-bond donors (Lipinski definition) is 1. The molecule has 0 aliphatic heterocycles. The standard InChI is InChI=1S/C22H24N2O4S/c1-28-22(25)12-14-24(15-16-29(26,27)19-7-3-2-4-8-19)13-11-18-17-23-21-10-6-5-9-20(18)21/h2-10,12,14,17,23H,11,13,15-16H2,1H3/b14-12+. The number of aromatic nitrogens is 1. The largest absolute Gasteiger partial charge is 0.466 e. The monoisotopic (exact) mass is 412 g/mol. The zero-order valence-corrected chi connectivity index (χ0v) is 17.1. The van der Waals surface area contributed by atoms with E-state index in [9.17, 15) is 13.2 Å². The number of H-pyrrole nitrogens is 1. The Labute approximate surface area is 170 Å². The average Bonchev–Trinajstić information content (AvgIpc) is 3.16. The van der Waals surface area contributed by atoms with Crippen LogP contribution in [-0.2, 0) is 25.8 Å². The number of para-hydroxylation sites is 1. The number of hydrogen-bond acceptors (Lipinski definition) is 5. The van der Waals surface area contributed by atoms with Crippen LogP contribution in [-0.4, -0.2) is 50.2 Å². The molecule has 152 valence electrons. The number of benzene rings is 2. The Balaban J connectivity index is 1.70. The highest BCUT2D eigenvalue weighted by molar-refractivity contribution is 7.91. The van der Waals surface area contributed by atoms with Gasteiger partial charge in [-0.2, -0.15) is 0 Å². The van der Waals surface area contributed by atoms with E-state index >= 15 is 0 Å². The van der Waals surface area contributed by atoms with Gasteiger partial charge in [-0.25, -0.2) is 13.2 Å². The van der Waals surface area contributed by atoms with Crippen LogP contribution in [0.3, 0.4) is 0 Å². The number of nitrogens with one attached hydrogen (secondary N) is 1. The van der Waals surface area contributed by atoms with Crippen molar-refractivity contribution in [1.29, 1.82) is 0 Å². The second kappa shape index (κ2) is 9.43. The van der Waals surface area contributed by atoms with Gasteiger partial charge in [-0.1, -0.05) is 36.4 Å². The molecule has 0 spiro atoms. The van der Waals surface area contributed by atoms with Gasteiger partial charge < -0.3 is 14.6 Å². The van der Waals surface area contributed by atoms with Crippen LogP contribution >= 0.6 is 0 Å². The Morgan fingerprint density at radius 1 is 1.07 bits per heavy atom. The van der Waals surface area contributed by atoms with E-state index in [2.05, 4.69) is 15.8 Å². The van der Waals surface area contributed by atoms with E-state index in [-0.39, 0.29) is 12.3 Å². The van der Waals surface area contributed by atoms with E-state index in [0.29, 0.717) is 17.9 Å². The molecule has 0 radical (unpaired) electrons. The molecule has 2 aromatic carbocycles. The number of methoxy groups -OCH3 is 1. The number of ether oxygens (including phenoxy) is 1. The Morgan fingerprint density at radius 3 is 2.55 bits per heavy atom. The summed E-state index contributed by atoms with van der Waals surface area (Å²) in [6, 6.07) is 16.4. The smallest absolute Gasteiger partial charge is 0.331 e. The van der Waals surface area contributed by atoms with Crippen LogP contribution in [0.5, 0.6) is 0 Å². The van der Waals surface area contributed by atoms with Crippen LogP contribution in [0, 0.1) is 0 Å². The van der Waals surface area contributed by atoms with E-state index in [1.54, 1.807) is 36.5 Å². The minimum Gasteiger partial charge on any atom is -0.466 e. The predicted octanol–water partition coefficient (Wildman–Crippen LogP) is 3.17. The zero-order valence-electron chi connectivity index (χ0n) is 16.2. The van der Waals surface area contributed by atoms with E-state index in [1.165, 1.54) is 13.2 Å². The molecule has 3 aromatic rings. The molecule has 1 aromatic heterocycles. The van der Waals surface area contributed by atoms with Gasteiger partial charge in [0, 0.05) is 42.5 Å². The highest BCUT2D eigenvalue weighted by atomic mass is 32.2. The number of esters is 1. The molecule has 0 fully saturated rings. The van der Waals surface area contributed by atoms with Gasteiger partial charge in [-0.15, -0.1) is 0 Å². The van der Waals surface area contributed by atoms with Crippen molar-refractivity contribution in [3.05, 3.63) is 78.6 Å². The molecule has 3 rings (SSSR count). The van der Waals surface area contributed by atoms with E-state index in [4.69, 9.17) is 0 Å². The number of nitrogens with zero attached hydrogens (tertiary/aromatic N) is 1. The molecule has 1 heterocycles. The van der Waals surface area contributed by atoms with Gasteiger partial charge in [0.05, 0.1) is 17.8 Å². The molecule has 1 N–H and O–H groups in total. The van der Waals surface area contributed by atoms with Gasteiger partial charge in [0.2, 0.25) is 0 Å². The van der Waals surface area contributed by atoms with E-state index in [1.807, 2.05) is 29.3 Å². The quantitative estimate of drug-likeness (QED) is 0.431. The fraction of sp³-hybridized carbons (Fsp3) is 0.227. The van der Waals surface area contributed by atoms with Crippen LogP contribution in [0.25, 0.3) is 10.9 Å². The summed E-state index contributed by atoms with van der Waals surface area (Å²) >= 11 is 0. The highest BCUT2D eigenvalue weighted by Crippen LogP contribution is 2.18. The summed E-state index contributed by atoms with van der Waals surface area (Å²) in [6.07, 6.45) is 5.58. The minimum absolute atomic E-state index is 0.0452. The van der Waals surface area contributed by atoms with Gasteiger partial charge >= 0.3 is 5.97 Å². The summed E-state index contributed by atoms with van der Waals surface area (Å²) in [6.45, 7) is 0.840. The maximum atomic E-state index is 12.6. The lowest BCUT2D eigenvalue weighted by Crippen LogP contribution is -2.27. The van der Waals surface area contributed by atoms with Gasteiger partial charge in [0.25, 0.3) is 0 Å². The molecule has 0 unspecified atom stereocenters. The Morgan fingerprint density at radius 2 is 1.79 bits per heavy atom. The zero-order chi connectivity index (χ0) is 20.7. The molecule has 0 aliphatic carbocycles. The first-order valence-corrected chi connectivity index (χ1v) is 11.0. The molecule has 0 bridgehead atoms. The third-order valence-electron chi connectivity index (χ3n) is 4.72. The summed E-state index contributed by atoms with van der Waals surface area (Å²) in [7, 11) is -2.10. The molecule has 0 aliphatic rings. The molecular formula is C22H24N2O4S. The van der Waals surface area contributed by atoms with Gasteiger partial charge in [0.15, 0.2) is 9.84 Å². The molecule has 7 heteroatoms. The number of aromatic amines is 1. The second-order valence-corrected chi connectivity index (χ2v) is 8.73. The number of fused-ring (bicyclic) bond motifs is 1. The molecule has 0 atom stereocenters. The summed E-state index contributed by atoms with van der Waals surface area (Å²) in [5, 5.41) is 1.14. The van der Waals surface area contributed by atoms with Crippen molar-refractivity contribution in [3.8, 4) is 0 Å². The van der Waals surface area contributed by atoms with Crippen molar-refractivity contribution in [1.82, 2.24) is 9.88 Å². The topological polar surface area (TPSA) is 79.5 Å². The van der Waals surface area contributed by atoms with Crippen LogP contribution in [0.4, 0.5) is 0 Å². The average molecular weight is 413 g/mol. The minimum atomic E-state index is -3.40. The van der Waals surface area contributed by atoms with Crippen molar-refractivity contribution < 1.29 is 17.9 Å². The first kappa shape index (κ1) is 20.7. The first-order chi connectivity index (χ1) is 14.0. The number of carbonyl (C=O) groups is 1. The summed E-state index contributed by atoms with van der Waals surface area (Å²) < 4.78 is 29.8.